The van der Waals surface area contributed by atoms with Gasteiger partial charge in [0.15, 0.2) is 0 Å². The molecule has 0 bridgehead atoms. The van der Waals surface area contributed by atoms with Crippen LogP contribution in [0.4, 0.5) is 0 Å². The largest absolute Gasteiger partial charge is 0.387 e. The fourth-order valence-corrected chi connectivity index (χ4v) is 3.72. The van der Waals surface area contributed by atoms with E-state index < -0.39 is 0 Å². The van der Waals surface area contributed by atoms with Gasteiger partial charge in [-0.2, -0.15) is 0 Å². The molecule has 1 heterocycles. The van der Waals surface area contributed by atoms with Crippen LogP contribution in [0.15, 0.2) is 71.5 Å². The number of rotatable bonds is 7. The molecule has 0 aromatic heterocycles. The van der Waals surface area contributed by atoms with Crippen LogP contribution in [0.5, 0.6) is 0 Å². The molecule has 2 rings (SSSR count). The summed E-state index contributed by atoms with van der Waals surface area (Å²) in [6.45, 7) is 17.8. The first-order valence-corrected chi connectivity index (χ1v) is 10.9. The van der Waals surface area contributed by atoms with Gasteiger partial charge in [-0.3, -0.25) is 10.3 Å². The van der Waals surface area contributed by atoms with E-state index in [0.29, 0.717) is 5.84 Å². The van der Waals surface area contributed by atoms with Crippen LogP contribution >= 0.6 is 0 Å². The van der Waals surface area contributed by atoms with Crippen molar-refractivity contribution in [3.8, 4) is 0 Å². The van der Waals surface area contributed by atoms with Gasteiger partial charge in [-0.25, -0.2) is 4.99 Å². The lowest BCUT2D eigenvalue weighted by Crippen LogP contribution is -2.41. The van der Waals surface area contributed by atoms with Gasteiger partial charge in [-0.05, 0) is 65.2 Å². The number of nitrogens with two attached hydrogens (primary N) is 1. The van der Waals surface area contributed by atoms with Gasteiger partial charge in [0.25, 0.3) is 0 Å². The molecule has 1 saturated heterocycles. The molecule has 0 saturated carbocycles. The highest BCUT2D eigenvalue weighted by atomic mass is 15.2. The molecule has 1 unspecified atom stereocenters. The van der Waals surface area contributed by atoms with Crippen LogP contribution in [0.1, 0.15) is 56.7 Å². The monoisotopic (exact) mass is 419 g/mol. The Kier molecular flexibility index (Phi) is 9.47. The Morgan fingerprint density at radius 3 is 2.71 bits per heavy atom. The third kappa shape index (κ3) is 7.68. The zero-order chi connectivity index (χ0) is 22.8. The predicted molar refractivity (Wildman–Crippen MR) is 135 cm³/mol. The number of nitrogens with one attached hydrogen (secondary N) is 1. The van der Waals surface area contributed by atoms with E-state index in [4.69, 9.17) is 5.73 Å². The van der Waals surface area contributed by atoms with Crippen molar-refractivity contribution >= 4 is 17.2 Å². The number of nitrogens with zero attached hydrogens (tertiary/aromatic N) is 3. The second kappa shape index (κ2) is 12.1. The lowest BCUT2D eigenvalue weighted by Gasteiger charge is -2.32. The Morgan fingerprint density at radius 2 is 2.00 bits per heavy atom. The quantitative estimate of drug-likeness (QED) is 0.365. The maximum Gasteiger partial charge on any atom is 0.0960 e. The van der Waals surface area contributed by atoms with Gasteiger partial charge in [-0.15, -0.1) is 0 Å². The molecule has 0 aliphatic carbocycles. The second-order valence-electron chi connectivity index (χ2n) is 8.08. The molecule has 5 heteroatoms. The average molecular weight is 420 g/mol. The van der Waals surface area contributed by atoms with E-state index in [9.17, 15) is 0 Å². The van der Waals surface area contributed by atoms with Crippen molar-refractivity contribution in [1.29, 1.82) is 0 Å². The van der Waals surface area contributed by atoms with Gasteiger partial charge in [0.05, 0.1) is 12.5 Å². The molecule has 0 radical (unpaired) electrons. The number of amidine groups is 1. The van der Waals surface area contributed by atoms with Gasteiger partial charge in [0.1, 0.15) is 0 Å². The first-order valence-electron chi connectivity index (χ1n) is 10.9. The van der Waals surface area contributed by atoms with Crippen molar-refractivity contribution in [2.24, 2.45) is 15.7 Å². The maximum atomic E-state index is 5.72. The molecule has 31 heavy (non-hydrogen) atoms. The minimum atomic E-state index is 0.267. The minimum absolute atomic E-state index is 0.267. The van der Waals surface area contributed by atoms with E-state index in [1.807, 2.05) is 26.8 Å². The molecular weight excluding hydrogens is 382 g/mol. The van der Waals surface area contributed by atoms with Gasteiger partial charge in [-0.1, -0.05) is 36.9 Å². The third-order valence-corrected chi connectivity index (χ3v) is 5.28. The minimum Gasteiger partial charge on any atom is -0.387 e. The van der Waals surface area contributed by atoms with E-state index in [0.717, 1.165) is 60.7 Å². The Balaban J connectivity index is 2.25. The topological polar surface area (TPSA) is 66.0 Å². The van der Waals surface area contributed by atoms with E-state index in [2.05, 4.69) is 64.6 Å². The smallest absolute Gasteiger partial charge is 0.0960 e. The summed E-state index contributed by atoms with van der Waals surface area (Å²) in [6, 6.07) is 6.73. The van der Waals surface area contributed by atoms with Gasteiger partial charge < -0.3 is 10.6 Å². The van der Waals surface area contributed by atoms with Crippen LogP contribution < -0.4 is 11.1 Å². The van der Waals surface area contributed by atoms with Crippen LogP contribution in [0.3, 0.4) is 0 Å². The summed E-state index contributed by atoms with van der Waals surface area (Å²) in [5.74, 6) is 0.585. The number of aliphatic imine (C=N–C) groups is 2. The Hall–Kier alpha value is -2.92. The summed E-state index contributed by atoms with van der Waals surface area (Å²) in [5, 5.41) is 3.66. The molecule has 5 nitrogen and oxygen atoms in total. The van der Waals surface area contributed by atoms with Crippen molar-refractivity contribution in [3.05, 3.63) is 78.2 Å². The highest BCUT2D eigenvalue weighted by Gasteiger charge is 2.18. The zero-order valence-electron chi connectivity index (χ0n) is 19.5. The number of hydrogen-bond acceptors (Lipinski definition) is 4. The van der Waals surface area contributed by atoms with Crippen molar-refractivity contribution in [2.45, 2.75) is 53.0 Å². The Labute approximate surface area is 187 Å². The normalized spacial score (nSPS) is 19.3. The first-order chi connectivity index (χ1) is 14.8. The van der Waals surface area contributed by atoms with Crippen LogP contribution in [0.2, 0.25) is 0 Å². The van der Waals surface area contributed by atoms with Crippen LogP contribution in [0.25, 0.3) is 5.70 Å². The summed E-state index contributed by atoms with van der Waals surface area (Å²) in [7, 11) is 0. The fraction of sp³-hybridized carbons (Fsp3) is 0.385. The van der Waals surface area contributed by atoms with Gasteiger partial charge >= 0.3 is 0 Å². The molecule has 166 valence electrons. The second-order valence-corrected chi connectivity index (χ2v) is 8.08. The van der Waals surface area contributed by atoms with Gasteiger partial charge in [0.2, 0.25) is 0 Å². The van der Waals surface area contributed by atoms with Crippen LogP contribution in [-0.2, 0) is 0 Å². The first kappa shape index (κ1) is 24.4. The summed E-state index contributed by atoms with van der Waals surface area (Å²) in [4.78, 5) is 11.3. The van der Waals surface area contributed by atoms with Crippen LogP contribution in [-0.4, -0.2) is 35.7 Å². The molecule has 1 aromatic rings. The van der Waals surface area contributed by atoms with Crippen molar-refractivity contribution < 1.29 is 0 Å². The van der Waals surface area contributed by atoms with Crippen molar-refractivity contribution in [1.82, 2.24) is 10.2 Å². The average Bonchev–Trinajstić information content (AvgIpc) is 2.69. The van der Waals surface area contributed by atoms with Gasteiger partial charge in [0, 0.05) is 47.0 Å². The van der Waals surface area contributed by atoms with E-state index in [1.54, 1.807) is 12.3 Å². The lowest BCUT2D eigenvalue weighted by molar-refractivity contribution is 0.307. The Morgan fingerprint density at radius 1 is 1.23 bits per heavy atom. The zero-order valence-corrected chi connectivity index (χ0v) is 19.5. The molecule has 1 aliphatic rings. The van der Waals surface area contributed by atoms with E-state index in [1.165, 1.54) is 5.56 Å². The predicted octanol–water partition coefficient (Wildman–Crippen LogP) is 5.16. The molecule has 0 spiro atoms. The number of benzene rings is 1. The lowest BCUT2D eigenvalue weighted by atomic mass is 9.98. The molecule has 0 amide bonds. The maximum absolute atomic E-state index is 5.72. The van der Waals surface area contributed by atoms with E-state index in [-0.39, 0.29) is 6.04 Å². The fourth-order valence-electron chi connectivity index (χ4n) is 3.72. The van der Waals surface area contributed by atoms with Crippen molar-refractivity contribution in [3.63, 3.8) is 0 Å². The highest BCUT2D eigenvalue weighted by molar-refractivity contribution is 6.03. The summed E-state index contributed by atoms with van der Waals surface area (Å²) in [6.07, 6.45) is 10.9. The molecule has 1 aromatic carbocycles. The number of allylic oxidation sites excluding steroid dienone is 3. The number of aryl methyl sites for hydroxylation is 1. The number of hydrogen-bond donors (Lipinski definition) is 2. The third-order valence-electron chi connectivity index (χ3n) is 5.28. The van der Waals surface area contributed by atoms with E-state index >= 15 is 0 Å². The SMILES string of the molecule is C=C/C=C\N=C(/C)c1ccc(C)cc1C(=C)N1CCCCC(/C=C(C)\N=C(\C)N)NC1. The van der Waals surface area contributed by atoms with Crippen LogP contribution in [0, 0.1) is 6.92 Å². The highest BCUT2D eigenvalue weighted by Crippen LogP contribution is 2.25. The molecular formula is C26H37N5. The summed E-state index contributed by atoms with van der Waals surface area (Å²) < 4.78 is 0. The molecule has 1 fully saturated rings. The molecule has 1 atom stereocenters. The standard InChI is InChI=1S/C26H37N5/c1-7-8-14-28-21(4)25-13-12-19(2)16-26(25)22(5)31-15-10-9-11-24(29-18-31)17-20(3)30-23(6)27/h7-8,12-14,16-17,24,29H,1,5,9-11,15,18H2,2-4,6H3,(H2,27,30)/b14-8-,20-17-,28-21+. The Bertz CT molecular complexity index is 900. The summed E-state index contributed by atoms with van der Waals surface area (Å²) >= 11 is 0. The molecule has 3 N–H and O–H groups in total. The summed E-state index contributed by atoms with van der Waals surface area (Å²) in [5.41, 5.74) is 12.1. The molecule has 1 aliphatic heterocycles. The van der Waals surface area contributed by atoms with Crippen molar-refractivity contribution in [2.75, 3.05) is 13.2 Å².